The molecule has 6 heteroatoms. The Hall–Kier alpha value is -2.73. The second-order valence-electron chi connectivity index (χ2n) is 9.99. The van der Waals surface area contributed by atoms with Crippen LogP contribution in [0.5, 0.6) is 0 Å². The van der Waals surface area contributed by atoms with Crippen LogP contribution in [-0.2, 0) is 9.59 Å². The molecule has 5 nitrogen and oxygen atoms in total. The van der Waals surface area contributed by atoms with Gasteiger partial charge in [0.25, 0.3) is 5.91 Å². The molecule has 1 heterocycles. The number of carbonyl (C=O) groups is 3. The third kappa shape index (κ3) is 3.22. The molecule has 6 unspecified atom stereocenters. The molecule has 4 aliphatic carbocycles. The molecule has 1 saturated heterocycles. The number of amides is 3. The molecule has 0 spiro atoms. The lowest BCUT2D eigenvalue weighted by Gasteiger charge is -2.37. The number of likely N-dealkylation sites (tertiary alicyclic amines) is 1. The van der Waals surface area contributed by atoms with E-state index >= 15 is 0 Å². The van der Waals surface area contributed by atoms with E-state index in [1.807, 2.05) is 44.2 Å². The van der Waals surface area contributed by atoms with Crippen LogP contribution in [-0.4, -0.2) is 29.3 Å². The fraction of sp³-hybridized carbons (Fsp3) is 0.370. The number of carbonyl (C=O) groups excluding carboxylic acids is 3. The third-order valence-electron chi connectivity index (χ3n) is 7.89. The summed E-state index contributed by atoms with van der Waals surface area (Å²) in [5, 5.41) is 0. The van der Waals surface area contributed by atoms with Gasteiger partial charge in [0.05, 0.1) is 11.8 Å². The van der Waals surface area contributed by atoms with Crippen LogP contribution in [0, 0.1) is 49.4 Å². The Kier molecular flexibility index (Phi) is 4.67. The van der Waals surface area contributed by atoms with Crippen molar-refractivity contribution in [1.82, 2.24) is 4.90 Å². The number of nitrogens with zero attached hydrogens (tertiary/aromatic N) is 2. The molecule has 168 valence electrons. The molecule has 2 bridgehead atoms. The van der Waals surface area contributed by atoms with Crippen molar-refractivity contribution in [3.05, 3.63) is 75.8 Å². The highest BCUT2D eigenvalue weighted by Gasteiger charge is 2.67. The van der Waals surface area contributed by atoms with Crippen molar-refractivity contribution in [3.8, 4) is 0 Å². The van der Waals surface area contributed by atoms with Crippen molar-refractivity contribution in [3.63, 3.8) is 0 Å². The molecule has 0 radical (unpaired) electrons. The van der Waals surface area contributed by atoms with Crippen molar-refractivity contribution in [2.24, 2.45) is 35.5 Å². The van der Waals surface area contributed by atoms with Gasteiger partial charge in [-0.05, 0) is 91.5 Å². The summed E-state index contributed by atoms with van der Waals surface area (Å²) in [5.41, 5.74) is 3.25. The summed E-state index contributed by atoms with van der Waals surface area (Å²) in [6.07, 6.45) is 5.47. The Balaban J connectivity index is 1.36. The minimum atomic E-state index is -0.264. The van der Waals surface area contributed by atoms with Crippen molar-refractivity contribution >= 4 is 39.3 Å². The maximum Gasteiger partial charge on any atom is 0.259 e. The van der Waals surface area contributed by atoms with E-state index in [-0.39, 0.29) is 48.1 Å². The smallest absolute Gasteiger partial charge is 0.259 e. The Morgan fingerprint density at radius 1 is 0.939 bits per heavy atom. The van der Waals surface area contributed by atoms with E-state index in [0.29, 0.717) is 23.1 Å². The molecule has 2 aromatic rings. The molecular formula is C27H25BrN2O3. The van der Waals surface area contributed by atoms with E-state index in [9.17, 15) is 14.4 Å². The average Bonchev–Trinajstić information content (AvgIpc) is 3.57. The van der Waals surface area contributed by atoms with Crippen molar-refractivity contribution in [1.29, 1.82) is 0 Å². The highest BCUT2D eigenvalue weighted by Crippen LogP contribution is 2.65. The minimum absolute atomic E-state index is 0.0583. The van der Waals surface area contributed by atoms with Crippen molar-refractivity contribution in [2.75, 3.05) is 11.6 Å². The highest BCUT2D eigenvalue weighted by atomic mass is 79.9. The Bertz CT molecular complexity index is 1160. The number of imide groups is 1. The zero-order valence-electron chi connectivity index (χ0n) is 18.6. The number of hydrogen-bond acceptors (Lipinski definition) is 3. The maximum absolute atomic E-state index is 13.6. The molecular weight excluding hydrogens is 480 g/mol. The SMILES string of the molecule is Cc1cc(C)cc(N(CN2C(=O)C3C4C=CC(C5CC45)C3C2=O)C(=O)c2ccc(Br)cc2)c1. The van der Waals surface area contributed by atoms with Gasteiger partial charge in [-0.1, -0.05) is 34.1 Å². The normalized spacial score (nSPS) is 30.9. The van der Waals surface area contributed by atoms with Crippen LogP contribution < -0.4 is 4.90 Å². The van der Waals surface area contributed by atoms with Gasteiger partial charge in [-0.15, -0.1) is 0 Å². The van der Waals surface area contributed by atoms with E-state index in [2.05, 4.69) is 28.1 Å². The maximum atomic E-state index is 13.6. The zero-order valence-corrected chi connectivity index (χ0v) is 20.2. The number of benzene rings is 2. The monoisotopic (exact) mass is 504 g/mol. The summed E-state index contributed by atoms with van der Waals surface area (Å²) in [6, 6.07) is 13.1. The fourth-order valence-electron chi connectivity index (χ4n) is 6.42. The van der Waals surface area contributed by atoms with E-state index in [1.165, 1.54) is 4.90 Å². The zero-order chi connectivity index (χ0) is 23.0. The Morgan fingerprint density at radius 2 is 1.48 bits per heavy atom. The molecule has 0 N–H and O–H groups in total. The van der Waals surface area contributed by atoms with Crippen LogP contribution in [0.2, 0.25) is 0 Å². The summed E-state index contributed by atoms with van der Waals surface area (Å²) < 4.78 is 0.882. The van der Waals surface area contributed by atoms with E-state index in [1.54, 1.807) is 17.0 Å². The van der Waals surface area contributed by atoms with Crippen LogP contribution in [0.15, 0.2) is 59.1 Å². The number of anilines is 1. The Morgan fingerprint density at radius 3 is 2.03 bits per heavy atom. The van der Waals surface area contributed by atoms with Gasteiger partial charge in [0.2, 0.25) is 11.8 Å². The number of halogens is 1. The van der Waals surface area contributed by atoms with Gasteiger partial charge in [-0.3, -0.25) is 24.2 Å². The van der Waals surface area contributed by atoms with Crippen LogP contribution >= 0.6 is 15.9 Å². The summed E-state index contributed by atoms with van der Waals surface area (Å²) >= 11 is 3.41. The first kappa shape index (κ1) is 20.8. The van der Waals surface area contributed by atoms with Gasteiger partial charge < -0.3 is 0 Å². The molecule has 2 saturated carbocycles. The van der Waals surface area contributed by atoms with E-state index < -0.39 is 0 Å². The lowest BCUT2D eigenvalue weighted by atomic mass is 9.63. The minimum Gasteiger partial charge on any atom is -0.290 e. The van der Waals surface area contributed by atoms with Gasteiger partial charge >= 0.3 is 0 Å². The first-order valence-corrected chi connectivity index (χ1v) is 12.3. The summed E-state index contributed by atoms with van der Waals surface area (Å²) in [6.45, 7) is 3.90. The van der Waals surface area contributed by atoms with Crippen LogP contribution in [0.25, 0.3) is 0 Å². The molecule has 6 atom stereocenters. The molecule has 3 amide bonds. The Labute approximate surface area is 201 Å². The van der Waals surface area contributed by atoms with Crippen LogP contribution in [0.3, 0.4) is 0 Å². The summed E-state index contributed by atoms with van der Waals surface area (Å²) in [5.74, 6) is 0.454. The number of allylic oxidation sites excluding steroid dienone is 2. The molecule has 5 aliphatic rings. The topological polar surface area (TPSA) is 57.7 Å². The summed E-state index contributed by atoms with van der Waals surface area (Å²) in [4.78, 5) is 43.6. The first-order chi connectivity index (χ1) is 15.8. The van der Waals surface area contributed by atoms with Gasteiger partial charge in [-0.2, -0.15) is 0 Å². The van der Waals surface area contributed by atoms with Gasteiger partial charge in [0.15, 0.2) is 0 Å². The first-order valence-electron chi connectivity index (χ1n) is 11.5. The predicted molar refractivity (Wildman–Crippen MR) is 128 cm³/mol. The van der Waals surface area contributed by atoms with E-state index in [4.69, 9.17) is 0 Å². The standard InChI is InChI=1S/C27H25BrN2O3/c1-14-9-15(2)11-18(10-14)29(25(31)16-3-5-17(28)6-4-16)13-30-26(32)23-19-7-8-20(22-12-21(19)22)24(23)27(30)33/h3-11,19-24H,12-13H2,1-2H3. The van der Waals surface area contributed by atoms with Gasteiger partial charge in [-0.25, -0.2) is 0 Å². The molecule has 3 fully saturated rings. The highest BCUT2D eigenvalue weighted by molar-refractivity contribution is 9.10. The predicted octanol–water partition coefficient (Wildman–Crippen LogP) is 4.72. The molecule has 2 aromatic carbocycles. The average molecular weight is 505 g/mol. The second kappa shape index (κ2) is 7.39. The quantitative estimate of drug-likeness (QED) is 0.446. The molecule has 0 aromatic heterocycles. The lowest BCUT2D eigenvalue weighted by Crippen LogP contribution is -2.45. The third-order valence-corrected chi connectivity index (χ3v) is 8.42. The lowest BCUT2D eigenvalue weighted by molar-refractivity contribution is -0.140. The van der Waals surface area contributed by atoms with Crippen molar-refractivity contribution < 1.29 is 14.4 Å². The van der Waals surface area contributed by atoms with Crippen LogP contribution in [0.4, 0.5) is 5.69 Å². The van der Waals surface area contributed by atoms with Gasteiger partial charge in [0.1, 0.15) is 6.67 Å². The number of aryl methyl sites for hydroxylation is 2. The van der Waals surface area contributed by atoms with Crippen molar-refractivity contribution in [2.45, 2.75) is 20.3 Å². The number of rotatable bonds is 4. The largest absolute Gasteiger partial charge is 0.290 e. The number of hydrogen-bond donors (Lipinski definition) is 0. The van der Waals surface area contributed by atoms with Gasteiger partial charge in [0, 0.05) is 15.7 Å². The second-order valence-corrected chi connectivity index (χ2v) is 10.9. The molecule has 33 heavy (non-hydrogen) atoms. The molecule has 7 rings (SSSR count). The fourth-order valence-corrected chi connectivity index (χ4v) is 6.68. The molecule has 1 aliphatic heterocycles. The van der Waals surface area contributed by atoms with E-state index in [0.717, 1.165) is 22.0 Å². The summed E-state index contributed by atoms with van der Waals surface area (Å²) in [7, 11) is 0. The van der Waals surface area contributed by atoms with Crippen LogP contribution in [0.1, 0.15) is 27.9 Å².